The molecular weight excluding hydrogens is 164 g/mol. The van der Waals surface area contributed by atoms with Crippen LogP contribution in [0.3, 0.4) is 0 Å². The number of furan rings is 1. The Bertz CT molecular complexity index is 228. The Balaban J connectivity index is 2.10. The first kappa shape index (κ1) is 10.2. The van der Waals surface area contributed by atoms with Crippen molar-refractivity contribution in [1.82, 2.24) is 0 Å². The summed E-state index contributed by atoms with van der Waals surface area (Å²) in [6, 6.07) is 0. The lowest BCUT2D eigenvalue weighted by atomic mass is 10.2. The van der Waals surface area contributed by atoms with Crippen LogP contribution in [-0.2, 0) is 0 Å². The molecule has 0 amide bonds. The molecule has 74 valence electrons. The Morgan fingerprint density at radius 2 is 2.08 bits per heavy atom. The van der Waals surface area contributed by atoms with Gasteiger partial charge in [0.05, 0.1) is 12.9 Å². The Labute approximate surface area is 79.9 Å². The molecule has 0 N–H and O–H groups in total. The fourth-order valence-corrected chi connectivity index (χ4v) is 1.21. The van der Waals surface area contributed by atoms with Crippen molar-refractivity contribution < 1.29 is 9.15 Å². The number of aryl methyl sites for hydroxylation is 1. The summed E-state index contributed by atoms with van der Waals surface area (Å²) < 4.78 is 10.5. The van der Waals surface area contributed by atoms with Gasteiger partial charge in [-0.15, -0.1) is 0 Å². The molecule has 1 rings (SSSR count). The van der Waals surface area contributed by atoms with Crippen molar-refractivity contribution in [3.05, 3.63) is 18.1 Å². The predicted octanol–water partition coefficient (Wildman–Crippen LogP) is 3.55. The Morgan fingerprint density at radius 3 is 2.69 bits per heavy atom. The molecule has 13 heavy (non-hydrogen) atoms. The van der Waals surface area contributed by atoms with Gasteiger partial charge in [-0.25, -0.2) is 0 Å². The zero-order valence-electron chi connectivity index (χ0n) is 8.51. The molecule has 0 spiro atoms. The normalized spacial score (nSPS) is 10.3. The molecule has 1 heterocycles. The Morgan fingerprint density at radius 1 is 1.23 bits per heavy atom. The van der Waals surface area contributed by atoms with Crippen LogP contribution in [0.25, 0.3) is 0 Å². The van der Waals surface area contributed by atoms with E-state index in [4.69, 9.17) is 9.15 Å². The number of hydrogen-bond donors (Lipinski definition) is 0. The fourth-order valence-electron chi connectivity index (χ4n) is 1.21. The third-order valence-electron chi connectivity index (χ3n) is 2.06. The van der Waals surface area contributed by atoms with Gasteiger partial charge in [-0.05, 0) is 13.3 Å². The highest BCUT2D eigenvalue weighted by molar-refractivity contribution is 5.25. The summed E-state index contributed by atoms with van der Waals surface area (Å²) in [5, 5.41) is 0. The van der Waals surface area contributed by atoms with Gasteiger partial charge in [0, 0.05) is 5.56 Å². The molecule has 2 heteroatoms. The van der Waals surface area contributed by atoms with E-state index in [-0.39, 0.29) is 0 Å². The molecule has 0 aromatic carbocycles. The third kappa shape index (κ3) is 3.53. The van der Waals surface area contributed by atoms with E-state index in [0.29, 0.717) is 0 Å². The van der Waals surface area contributed by atoms with Crippen LogP contribution in [0.1, 0.15) is 38.2 Å². The molecule has 0 saturated carbocycles. The largest absolute Gasteiger partial charge is 0.490 e. The van der Waals surface area contributed by atoms with Gasteiger partial charge < -0.3 is 9.15 Å². The highest BCUT2D eigenvalue weighted by atomic mass is 16.5. The number of hydrogen-bond acceptors (Lipinski definition) is 2. The van der Waals surface area contributed by atoms with Crippen molar-refractivity contribution in [2.24, 2.45) is 0 Å². The smallest absolute Gasteiger partial charge is 0.160 e. The fraction of sp³-hybridized carbons (Fsp3) is 0.636. The van der Waals surface area contributed by atoms with Gasteiger partial charge in [0.2, 0.25) is 0 Å². The Hall–Kier alpha value is -0.920. The minimum absolute atomic E-state index is 0.806. The standard InChI is InChI=1S/C11H18O2/c1-3-4-5-6-7-13-11-9-12-8-10(11)2/h8-9H,3-7H2,1-2H3. The molecular formula is C11H18O2. The summed E-state index contributed by atoms with van der Waals surface area (Å²) >= 11 is 0. The van der Waals surface area contributed by atoms with Crippen LogP contribution in [0.5, 0.6) is 5.75 Å². The molecule has 1 aromatic heterocycles. The van der Waals surface area contributed by atoms with Crippen molar-refractivity contribution in [3.8, 4) is 5.75 Å². The lowest BCUT2D eigenvalue weighted by Gasteiger charge is -2.03. The number of rotatable bonds is 6. The highest BCUT2D eigenvalue weighted by Gasteiger charge is 2.00. The first-order valence-corrected chi connectivity index (χ1v) is 5.00. The highest BCUT2D eigenvalue weighted by Crippen LogP contribution is 2.18. The second kappa shape index (κ2) is 5.68. The molecule has 0 radical (unpaired) electrons. The minimum atomic E-state index is 0.806. The van der Waals surface area contributed by atoms with Crippen molar-refractivity contribution in [3.63, 3.8) is 0 Å². The maximum absolute atomic E-state index is 5.53. The van der Waals surface area contributed by atoms with E-state index in [1.54, 1.807) is 12.5 Å². The topological polar surface area (TPSA) is 22.4 Å². The lowest BCUT2D eigenvalue weighted by Crippen LogP contribution is -1.96. The first-order valence-electron chi connectivity index (χ1n) is 5.00. The van der Waals surface area contributed by atoms with Gasteiger partial charge in [-0.1, -0.05) is 26.2 Å². The first-order chi connectivity index (χ1) is 6.34. The van der Waals surface area contributed by atoms with Crippen LogP contribution in [0.2, 0.25) is 0 Å². The van der Waals surface area contributed by atoms with Crippen molar-refractivity contribution in [2.75, 3.05) is 6.61 Å². The summed E-state index contributed by atoms with van der Waals surface area (Å²) in [6.45, 7) is 5.01. The second-order valence-corrected chi connectivity index (χ2v) is 3.33. The van der Waals surface area contributed by atoms with Crippen molar-refractivity contribution in [2.45, 2.75) is 39.5 Å². The second-order valence-electron chi connectivity index (χ2n) is 3.33. The monoisotopic (exact) mass is 182 g/mol. The molecule has 0 saturated heterocycles. The summed E-state index contributed by atoms with van der Waals surface area (Å²) in [7, 11) is 0. The van der Waals surface area contributed by atoms with Crippen LogP contribution < -0.4 is 4.74 Å². The van der Waals surface area contributed by atoms with E-state index < -0.39 is 0 Å². The lowest BCUT2D eigenvalue weighted by molar-refractivity contribution is 0.300. The average Bonchev–Trinajstić information content (AvgIpc) is 2.52. The molecule has 0 unspecified atom stereocenters. The third-order valence-corrected chi connectivity index (χ3v) is 2.06. The van der Waals surface area contributed by atoms with Gasteiger partial charge in [0.25, 0.3) is 0 Å². The van der Waals surface area contributed by atoms with E-state index in [0.717, 1.165) is 24.3 Å². The van der Waals surface area contributed by atoms with E-state index in [1.807, 2.05) is 6.92 Å². The molecule has 0 aliphatic carbocycles. The summed E-state index contributed by atoms with van der Waals surface area (Å²) in [4.78, 5) is 0. The van der Waals surface area contributed by atoms with E-state index in [1.165, 1.54) is 19.3 Å². The quantitative estimate of drug-likeness (QED) is 0.628. The number of unbranched alkanes of at least 4 members (excludes halogenated alkanes) is 3. The maximum atomic E-state index is 5.53. The van der Waals surface area contributed by atoms with Gasteiger partial charge >= 0.3 is 0 Å². The SMILES string of the molecule is CCCCCCOc1cocc1C. The summed E-state index contributed by atoms with van der Waals surface area (Å²) in [5.41, 5.74) is 1.08. The van der Waals surface area contributed by atoms with Gasteiger partial charge in [-0.3, -0.25) is 0 Å². The predicted molar refractivity (Wildman–Crippen MR) is 53.1 cm³/mol. The summed E-state index contributed by atoms with van der Waals surface area (Å²) in [6.07, 6.45) is 8.33. The van der Waals surface area contributed by atoms with Crippen molar-refractivity contribution in [1.29, 1.82) is 0 Å². The minimum Gasteiger partial charge on any atom is -0.490 e. The van der Waals surface area contributed by atoms with Gasteiger partial charge in [0.1, 0.15) is 6.26 Å². The summed E-state index contributed by atoms with van der Waals surface area (Å²) in [5.74, 6) is 0.886. The molecule has 0 fully saturated rings. The van der Waals surface area contributed by atoms with E-state index >= 15 is 0 Å². The van der Waals surface area contributed by atoms with Crippen LogP contribution in [0.4, 0.5) is 0 Å². The molecule has 0 aliphatic heterocycles. The Kier molecular flexibility index (Phi) is 4.44. The van der Waals surface area contributed by atoms with Crippen molar-refractivity contribution >= 4 is 0 Å². The molecule has 0 aliphatic rings. The average molecular weight is 182 g/mol. The zero-order chi connectivity index (χ0) is 9.52. The van der Waals surface area contributed by atoms with Crippen LogP contribution in [0, 0.1) is 6.92 Å². The molecule has 2 nitrogen and oxygen atoms in total. The maximum Gasteiger partial charge on any atom is 0.160 e. The molecule has 1 aromatic rings. The van der Waals surface area contributed by atoms with Crippen LogP contribution in [-0.4, -0.2) is 6.61 Å². The zero-order valence-corrected chi connectivity index (χ0v) is 8.51. The van der Waals surface area contributed by atoms with E-state index in [2.05, 4.69) is 6.92 Å². The van der Waals surface area contributed by atoms with Gasteiger partial charge in [0.15, 0.2) is 5.75 Å². The van der Waals surface area contributed by atoms with Gasteiger partial charge in [-0.2, -0.15) is 0 Å². The van der Waals surface area contributed by atoms with Crippen LogP contribution in [0.15, 0.2) is 16.9 Å². The number of ether oxygens (including phenoxy) is 1. The van der Waals surface area contributed by atoms with E-state index in [9.17, 15) is 0 Å². The van der Waals surface area contributed by atoms with Crippen LogP contribution >= 0.6 is 0 Å². The molecule has 0 atom stereocenters. The molecule has 0 bridgehead atoms.